The molecule has 0 saturated carbocycles. The quantitative estimate of drug-likeness (QED) is 0.649. The zero-order chi connectivity index (χ0) is 9.42. The molecule has 0 bridgehead atoms. The topological polar surface area (TPSA) is 27.7 Å². The third-order valence-corrected chi connectivity index (χ3v) is 2.70. The van der Waals surface area contributed by atoms with Crippen LogP contribution < -0.4 is 0 Å². The smallest absolute Gasteiger partial charge is 0.112 e. The fourth-order valence-electron chi connectivity index (χ4n) is 2.12. The third kappa shape index (κ3) is 1.73. The highest BCUT2D eigenvalue weighted by molar-refractivity contribution is 4.93. The lowest BCUT2D eigenvalue weighted by atomic mass is 10.0. The molecule has 76 valence electrons. The van der Waals surface area contributed by atoms with Crippen molar-refractivity contribution in [3.63, 3.8) is 0 Å². The van der Waals surface area contributed by atoms with Gasteiger partial charge in [0.15, 0.2) is 0 Å². The van der Waals surface area contributed by atoms with E-state index in [1.165, 1.54) is 0 Å². The molecule has 4 atom stereocenters. The Hall–Kier alpha value is -0.120. The van der Waals surface area contributed by atoms with Crippen molar-refractivity contribution < 1.29 is 14.2 Å². The molecule has 2 rings (SSSR count). The summed E-state index contributed by atoms with van der Waals surface area (Å²) >= 11 is 0. The van der Waals surface area contributed by atoms with Gasteiger partial charge in [-0.2, -0.15) is 0 Å². The molecule has 2 aliphatic rings. The molecule has 0 spiro atoms. The minimum absolute atomic E-state index is 0.148. The van der Waals surface area contributed by atoms with Crippen LogP contribution in [0.15, 0.2) is 0 Å². The fraction of sp³-hybridized carbons (Fsp3) is 1.00. The zero-order valence-electron chi connectivity index (χ0n) is 8.53. The first-order valence-electron chi connectivity index (χ1n) is 5.07. The average Bonchev–Trinajstić information content (AvgIpc) is 2.56. The maximum absolute atomic E-state index is 5.72. The van der Waals surface area contributed by atoms with E-state index in [4.69, 9.17) is 14.2 Å². The number of fused-ring (bicyclic) bond motifs is 1. The van der Waals surface area contributed by atoms with E-state index in [1.54, 1.807) is 0 Å². The molecule has 3 nitrogen and oxygen atoms in total. The van der Waals surface area contributed by atoms with E-state index in [1.807, 2.05) is 13.8 Å². The number of hydrogen-bond donors (Lipinski definition) is 0. The van der Waals surface area contributed by atoms with Gasteiger partial charge in [-0.15, -0.1) is 0 Å². The monoisotopic (exact) mass is 186 g/mol. The van der Waals surface area contributed by atoms with Crippen molar-refractivity contribution in [3.05, 3.63) is 0 Å². The van der Waals surface area contributed by atoms with Crippen molar-refractivity contribution in [1.29, 1.82) is 0 Å². The molecule has 0 N–H and O–H groups in total. The van der Waals surface area contributed by atoms with Crippen LogP contribution in [0.3, 0.4) is 0 Å². The molecule has 2 aliphatic heterocycles. The Balaban J connectivity index is 1.94. The van der Waals surface area contributed by atoms with Gasteiger partial charge in [-0.25, -0.2) is 0 Å². The summed E-state index contributed by atoms with van der Waals surface area (Å²) in [5.74, 6) is 0.519. The molecule has 0 aromatic heterocycles. The van der Waals surface area contributed by atoms with Crippen molar-refractivity contribution in [2.75, 3.05) is 13.2 Å². The lowest BCUT2D eigenvalue weighted by molar-refractivity contribution is -0.0579. The molecular formula is C10H18O3. The van der Waals surface area contributed by atoms with Gasteiger partial charge >= 0.3 is 0 Å². The van der Waals surface area contributed by atoms with Gasteiger partial charge in [-0.05, 0) is 13.8 Å². The normalized spacial score (nSPS) is 44.3. The second-order valence-corrected chi connectivity index (χ2v) is 4.30. The van der Waals surface area contributed by atoms with Crippen molar-refractivity contribution in [2.24, 2.45) is 5.92 Å². The van der Waals surface area contributed by atoms with E-state index >= 15 is 0 Å². The molecule has 2 saturated heterocycles. The summed E-state index contributed by atoms with van der Waals surface area (Å²) in [5.41, 5.74) is 0. The van der Waals surface area contributed by atoms with Crippen LogP contribution in [0.4, 0.5) is 0 Å². The van der Waals surface area contributed by atoms with Gasteiger partial charge < -0.3 is 14.2 Å². The number of ether oxygens (including phenoxy) is 3. The Bertz CT molecular complexity index is 181. The van der Waals surface area contributed by atoms with Crippen LogP contribution >= 0.6 is 0 Å². The SMILES string of the molecule is CC(C)O[C@H]1CO[C@H]2[C@@H]1OC[C@H]2C. The second kappa shape index (κ2) is 3.56. The van der Waals surface area contributed by atoms with E-state index in [9.17, 15) is 0 Å². The molecule has 0 aromatic rings. The summed E-state index contributed by atoms with van der Waals surface area (Å²) in [4.78, 5) is 0. The Labute approximate surface area is 79.4 Å². The van der Waals surface area contributed by atoms with Crippen molar-refractivity contribution in [2.45, 2.75) is 45.2 Å². The van der Waals surface area contributed by atoms with Crippen molar-refractivity contribution in [3.8, 4) is 0 Å². The van der Waals surface area contributed by atoms with Crippen LogP contribution in [0.25, 0.3) is 0 Å². The van der Waals surface area contributed by atoms with E-state index in [0.717, 1.165) is 6.61 Å². The molecule has 0 aliphatic carbocycles. The van der Waals surface area contributed by atoms with Crippen LogP contribution in [0.1, 0.15) is 20.8 Å². The van der Waals surface area contributed by atoms with E-state index in [0.29, 0.717) is 12.5 Å². The molecule has 13 heavy (non-hydrogen) atoms. The third-order valence-electron chi connectivity index (χ3n) is 2.70. The predicted molar refractivity (Wildman–Crippen MR) is 48.7 cm³/mol. The highest BCUT2D eigenvalue weighted by Crippen LogP contribution is 2.32. The maximum Gasteiger partial charge on any atom is 0.112 e. The molecule has 2 heterocycles. The standard InChI is InChI=1S/C10H18O3/c1-6(2)13-8-5-12-9-7(3)4-11-10(8)9/h6-10H,4-5H2,1-3H3/t7-,8+,9-,10-/m1/s1. The summed E-state index contributed by atoms with van der Waals surface area (Å²) in [6.45, 7) is 7.77. The average molecular weight is 186 g/mol. The number of rotatable bonds is 2. The van der Waals surface area contributed by atoms with Crippen LogP contribution in [0.2, 0.25) is 0 Å². The summed E-state index contributed by atoms with van der Waals surface area (Å²) in [6, 6.07) is 0. The van der Waals surface area contributed by atoms with Gasteiger partial charge in [0.05, 0.1) is 25.4 Å². The lowest BCUT2D eigenvalue weighted by Crippen LogP contribution is -2.32. The Kier molecular flexibility index (Phi) is 2.58. The summed E-state index contributed by atoms with van der Waals surface area (Å²) < 4.78 is 17.0. The second-order valence-electron chi connectivity index (χ2n) is 4.30. The molecular weight excluding hydrogens is 168 g/mol. The first-order valence-corrected chi connectivity index (χ1v) is 5.07. The first-order chi connectivity index (χ1) is 6.18. The highest BCUT2D eigenvalue weighted by atomic mass is 16.6. The van der Waals surface area contributed by atoms with Crippen LogP contribution in [0, 0.1) is 5.92 Å². The van der Waals surface area contributed by atoms with Gasteiger partial charge in [0, 0.05) is 5.92 Å². The Morgan fingerprint density at radius 2 is 1.85 bits per heavy atom. The van der Waals surface area contributed by atoms with E-state index < -0.39 is 0 Å². The minimum atomic E-state index is 0.148. The summed E-state index contributed by atoms with van der Waals surface area (Å²) in [5, 5.41) is 0. The highest BCUT2D eigenvalue weighted by Gasteiger charge is 2.46. The minimum Gasteiger partial charge on any atom is -0.372 e. The van der Waals surface area contributed by atoms with Gasteiger partial charge in [0.25, 0.3) is 0 Å². The zero-order valence-corrected chi connectivity index (χ0v) is 8.53. The summed E-state index contributed by atoms with van der Waals surface area (Å²) in [7, 11) is 0. The lowest BCUT2D eigenvalue weighted by Gasteiger charge is -2.18. The van der Waals surface area contributed by atoms with Crippen molar-refractivity contribution >= 4 is 0 Å². The fourth-order valence-corrected chi connectivity index (χ4v) is 2.12. The largest absolute Gasteiger partial charge is 0.372 e. The molecule has 0 unspecified atom stereocenters. The van der Waals surface area contributed by atoms with Gasteiger partial charge in [-0.1, -0.05) is 6.92 Å². The predicted octanol–water partition coefficient (Wildman–Crippen LogP) is 1.21. The van der Waals surface area contributed by atoms with Crippen LogP contribution in [-0.2, 0) is 14.2 Å². The van der Waals surface area contributed by atoms with E-state index in [-0.39, 0.29) is 24.4 Å². The van der Waals surface area contributed by atoms with Gasteiger partial charge in [0.1, 0.15) is 12.2 Å². The van der Waals surface area contributed by atoms with Crippen molar-refractivity contribution in [1.82, 2.24) is 0 Å². The Morgan fingerprint density at radius 3 is 2.54 bits per heavy atom. The van der Waals surface area contributed by atoms with Crippen LogP contribution in [-0.4, -0.2) is 37.6 Å². The molecule has 3 heteroatoms. The molecule has 0 amide bonds. The van der Waals surface area contributed by atoms with Crippen LogP contribution in [0.5, 0.6) is 0 Å². The molecule has 2 fully saturated rings. The summed E-state index contributed by atoms with van der Waals surface area (Å²) in [6.07, 6.45) is 0.850. The first kappa shape index (κ1) is 9.44. The maximum atomic E-state index is 5.72. The molecule has 0 aromatic carbocycles. The van der Waals surface area contributed by atoms with E-state index in [2.05, 4.69) is 6.92 Å². The number of hydrogen-bond acceptors (Lipinski definition) is 3. The molecule has 0 radical (unpaired) electrons. The Morgan fingerprint density at radius 1 is 1.15 bits per heavy atom. The van der Waals surface area contributed by atoms with Gasteiger partial charge in [-0.3, -0.25) is 0 Å². The van der Waals surface area contributed by atoms with Gasteiger partial charge in [0.2, 0.25) is 0 Å².